The molecule has 0 saturated heterocycles. The normalized spacial score (nSPS) is 11.9. The van der Waals surface area contributed by atoms with Crippen molar-refractivity contribution >= 4 is 40.0 Å². The molecule has 0 aliphatic rings. The van der Waals surface area contributed by atoms with E-state index in [-0.39, 0.29) is 12.4 Å². The van der Waals surface area contributed by atoms with Crippen molar-refractivity contribution < 1.29 is 9.53 Å². The monoisotopic (exact) mass is 333 g/mol. The number of halogens is 2. The van der Waals surface area contributed by atoms with E-state index in [1.165, 1.54) is 7.11 Å². The fourth-order valence-corrected chi connectivity index (χ4v) is 2.09. The maximum Gasteiger partial charge on any atom is 0.323 e. The minimum Gasteiger partial charge on any atom is -0.468 e. The number of imidazole rings is 1. The van der Waals surface area contributed by atoms with E-state index in [0.717, 1.165) is 15.8 Å². The van der Waals surface area contributed by atoms with Crippen LogP contribution in [0.5, 0.6) is 0 Å². The van der Waals surface area contributed by atoms with Crippen molar-refractivity contribution in [1.29, 1.82) is 0 Å². The number of hydrogen-bond acceptors (Lipinski definition) is 4. The number of carbonyl (C=O) groups is 1. The molecule has 0 aliphatic heterocycles. The fraction of sp³-hybridized carbons (Fsp3) is 0.273. The molecule has 98 valence electrons. The van der Waals surface area contributed by atoms with Gasteiger partial charge in [-0.2, -0.15) is 0 Å². The van der Waals surface area contributed by atoms with Gasteiger partial charge < -0.3 is 14.9 Å². The van der Waals surface area contributed by atoms with Crippen LogP contribution in [0.1, 0.15) is 5.69 Å². The van der Waals surface area contributed by atoms with Crippen LogP contribution < -0.4 is 5.73 Å². The van der Waals surface area contributed by atoms with Crippen molar-refractivity contribution in [3.63, 3.8) is 0 Å². The summed E-state index contributed by atoms with van der Waals surface area (Å²) in [4.78, 5) is 15.5. The molecule has 0 unspecified atom stereocenters. The molecule has 0 spiro atoms. The highest BCUT2D eigenvalue weighted by Gasteiger charge is 2.16. The predicted octanol–water partition coefficient (Wildman–Crippen LogP) is 1.56. The zero-order valence-electron chi connectivity index (χ0n) is 9.67. The Morgan fingerprint density at radius 2 is 2.33 bits per heavy atom. The topological polar surface area (TPSA) is 69.6 Å². The minimum atomic E-state index is -0.660. The molecule has 0 bridgehead atoms. The Labute approximate surface area is 119 Å². The van der Waals surface area contributed by atoms with E-state index in [1.54, 1.807) is 6.20 Å². The molecular formula is C11H13BrClN3O2. The first kappa shape index (κ1) is 14.9. The largest absolute Gasteiger partial charge is 0.468 e. The molecule has 2 aromatic heterocycles. The van der Waals surface area contributed by atoms with E-state index in [1.807, 2.05) is 22.7 Å². The van der Waals surface area contributed by atoms with Gasteiger partial charge in [0.1, 0.15) is 6.04 Å². The molecule has 0 saturated carbocycles. The zero-order chi connectivity index (χ0) is 12.4. The molecule has 18 heavy (non-hydrogen) atoms. The second kappa shape index (κ2) is 6.17. The van der Waals surface area contributed by atoms with Crippen molar-refractivity contribution in [3.05, 3.63) is 34.7 Å². The maximum atomic E-state index is 11.3. The van der Waals surface area contributed by atoms with Crippen molar-refractivity contribution in [2.75, 3.05) is 7.11 Å². The lowest BCUT2D eigenvalue weighted by Gasteiger charge is -2.11. The molecule has 0 fully saturated rings. The van der Waals surface area contributed by atoms with Crippen LogP contribution in [0, 0.1) is 0 Å². The molecule has 1 atom stereocenters. The molecule has 2 N–H and O–H groups in total. The van der Waals surface area contributed by atoms with Crippen LogP contribution in [0.3, 0.4) is 0 Å². The van der Waals surface area contributed by atoms with Gasteiger partial charge in [-0.3, -0.25) is 4.79 Å². The second-order valence-electron chi connectivity index (χ2n) is 3.63. The average molecular weight is 335 g/mol. The molecule has 2 heterocycles. The van der Waals surface area contributed by atoms with Crippen molar-refractivity contribution in [1.82, 2.24) is 9.38 Å². The number of aromatic nitrogens is 2. The van der Waals surface area contributed by atoms with Gasteiger partial charge in [0.15, 0.2) is 5.65 Å². The summed E-state index contributed by atoms with van der Waals surface area (Å²) < 4.78 is 7.40. The number of rotatable bonds is 3. The smallest absolute Gasteiger partial charge is 0.323 e. The number of fused-ring (bicyclic) bond motifs is 1. The Morgan fingerprint density at radius 1 is 1.61 bits per heavy atom. The van der Waals surface area contributed by atoms with Gasteiger partial charge in [0.2, 0.25) is 0 Å². The summed E-state index contributed by atoms with van der Waals surface area (Å²) in [6.07, 6.45) is 3.94. The van der Waals surface area contributed by atoms with Gasteiger partial charge >= 0.3 is 5.97 Å². The number of carbonyl (C=O) groups excluding carboxylic acids is 1. The molecule has 0 amide bonds. The molecule has 0 radical (unpaired) electrons. The number of nitrogens with zero attached hydrogens (tertiary/aromatic N) is 2. The van der Waals surface area contributed by atoms with Gasteiger partial charge in [-0.15, -0.1) is 12.4 Å². The number of nitrogens with two attached hydrogens (primary N) is 1. The lowest BCUT2D eigenvalue weighted by Crippen LogP contribution is -2.34. The summed E-state index contributed by atoms with van der Waals surface area (Å²) >= 11 is 3.41. The van der Waals surface area contributed by atoms with E-state index in [9.17, 15) is 4.79 Å². The molecule has 7 heteroatoms. The Kier molecular flexibility index (Phi) is 5.13. The SMILES string of the molecule is COC(=O)[C@@H](N)Cc1ccc(Br)c2nccn12.Cl. The summed E-state index contributed by atoms with van der Waals surface area (Å²) in [5, 5.41) is 0. The molecule has 2 rings (SSSR count). The Hall–Kier alpha value is -1.11. The number of pyridine rings is 1. The summed E-state index contributed by atoms with van der Waals surface area (Å²) in [5.41, 5.74) is 7.46. The quantitative estimate of drug-likeness (QED) is 0.865. The van der Waals surface area contributed by atoms with Crippen LogP contribution in [0.25, 0.3) is 5.65 Å². The Balaban J connectivity index is 0.00000162. The van der Waals surface area contributed by atoms with E-state index >= 15 is 0 Å². The molecule has 2 aromatic rings. The molecule has 0 aromatic carbocycles. The summed E-state index contributed by atoms with van der Waals surface area (Å²) in [6, 6.07) is 3.13. The van der Waals surface area contributed by atoms with Crippen LogP contribution >= 0.6 is 28.3 Å². The number of methoxy groups -OCH3 is 1. The van der Waals surface area contributed by atoms with Crippen molar-refractivity contribution in [2.45, 2.75) is 12.5 Å². The highest BCUT2D eigenvalue weighted by molar-refractivity contribution is 9.10. The highest BCUT2D eigenvalue weighted by atomic mass is 79.9. The van der Waals surface area contributed by atoms with Gasteiger partial charge in [-0.05, 0) is 28.1 Å². The van der Waals surface area contributed by atoms with E-state index in [0.29, 0.717) is 6.42 Å². The van der Waals surface area contributed by atoms with Gasteiger partial charge in [0, 0.05) is 24.5 Å². The van der Waals surface area contributed by atoms with Crippen LogP contribution in [0.4, 0.5) is 0 Å². The third-order valence-electron chi connectivity index (χ3n) is 2.52. The van der Waals surface area contributed by atoms with Crippen molar-refractivity contribution in [2.24, 2.45) is 5.73 Å². The van der Waals surface area contributed by atoms with Crippen LogP contribution in [0.2, 0.25) is 0 Å². The van der Waals surface area contributed by atoms with Gasteiger partial charge in [-0.25, -0.2) is 4.98 Å². The van der Waals surface area contributed by atoms with Crippen LogP contribution in [-0.4, -0.2) is 28.5 Å². The van der Waals surface area contributed by atoms with E-state index in [2.05, 4.69) is 25.7 Å². The van der Waals surface area contributed by atoms with Crippen molar-refractivity contribution in [3.8, 4) is 0 Å². The fourth-order valence-electron chi connectivity index (χ4n) is 1.66. The lowest BCUT2D eigenvalue weighted by atomic mass is 10.1. The third kappa shape index (κ3) is 2.82. The standard InChI is InChI=1S/C11H12BrN3O2.ClH/c1-17-11(16)9(13)6-7-2-3-8(12)10-14-4-5-15(7)10;/h2-5,9H,6,13H2,1H3;1H/t9-;/m0./s1. The van der Waals surface area contributed by atoms with Crippen LogP contribution in [0.15, 0.2) is 29.0 Å². The van der Waals surface area contributed by atoms with Gasteiger partial charge in [0.05, 0.1) is 11.6 Å². The van der Waals surface area contributed by atoms with Crippen LogP contribution in [-0.2, 0) is 16.0 Å². The van der Waals surface area contributed by atoms with E-state index in [4.69, 9.17) is 5.73 Å². The predicted molar refractivity (Wildman–Crippen MR) is 73.8 cm³/mol. The number of hydrogen-bond donors (Lipinski definition) is 1. The first-order valence-electron chi connectivity index (χ1n) is 5.07. The minimum absolute atomic E-state index is 0. The number of esters is 1. The Morgan fingerprint density at radius 3 is 3.00 bits per heavy atom. The first-order valence-corrected chi connectivity index (χ1v) is 5.86. The lowest BCUT2D eigenvalue weighted by molar-refractivity contribution is -0.142. The van der Waals surface area contributed by atoms with E-state index < -0.39 is 12.0 Å². The third-order valence-corrected chi connectivity index (χ3v) is 3.14. The highest BCUT2D eigenvalue weighted by Crippen LogP contribution is 2.18. The second-order valence-corrected chi connectivity index (χ2v) is 4.48. The molecule has 5 nitrogen and oxygen atoms in total. The Bertz CT molecular complexity index is 558. The summed E-state index contributed by atoms with van der Waals surface area (Å²) in [6.45, 7) is 0. The van der Waals surface area contributed by atoms with Gasteiger partial charge in [0.25, 0.3) is 0 Å². The summed E-state index contributed by atoms with van der Waals surface area (Å²) in [5.74, 6) is -0.416. The maximum absolute atomic E-state index is 11.3. The number of ether oxygens (including phenoxy) is 1. The zero-order valence-corrected chi connectivity index (χ0v) is 12.1. The molecular weight excluding hydrogens is 321 g/mol. The average Bonchev–Trinajstić information content (AvgIpc) is 2.81. The first-order chi connectivity index (χ1) is 8.13. The molecule has 0 aliphatic carbocycles. The summed E-state index contributed by atoms with van der Waals surface area (Å²) in [7, 11) is 1.33. The van der Waals surface area contributed by atoms with Gasteiger partial charge in [-0.1, -0.05) is 0 Å².